The summed E-state index contributed by atoms with van der Waals surface area (Å²) in [6.45, 7) is -1.37. The molecule has 8 nitrogen and oxygen atoms in total. The first kappa shape index (κ1) is 23.8. The number of nitrogens with one attached hydrogen (secondary N) is 1. The van der Waals surface area contributed by atoms with E-state index in [2.05, 4.69) is 20.6 Å². The van der Waals surface area contributed by atoms with Gasteiger partial charge in [0.25, 0.3) is 5.91 Å². The lowest BCUT2D eigenvalue weighted by atomic mass is 10.1. The topological polar surface area (TPSA) is 85.2 Å². The number of amides is 1. The lowest BCUT2D eigenvalue weighted by Gasteiger charge is -2.26. The maximum Gasteiger partial charge on any atom is 0.406 e. The average molecular weight is 515 g/mol. The van der Waals surface area contributed by atoms with Gasteiger partial charge < -0.3 is 15.0 Å². The minimum atomic E-state index is -4.55. The highest BCUT2D eigenvalue weighted by Crippen LogP contribution is 2.35. The van der Waals surface area contributed by atoms with Crippen LogP contribution >= 0.6 is 11.3 Å². The second-order valence-electron chi connectivity index (χ2n) is 8.18. The summed E-state index contributed by atoms with van der Waals surface area (Å²) in [6, 6.07) is 11.1. The molecule has 1 aliphatic rings. The minimum Gasteiger partial charge on any atom is -0.495 e. The van der Waals surface area contributed by atoms with Crippen LogP contribution in [0, 0.1) is 0 Å². The van der Waals surface area contributed by atoms with E-state index in [-0.39, 0.29) is 5.69 Å². The average Bonchev–Trinajstić information content (AvgIpc) is 3.53. The Morgan fingerprint density at radius 2 is 2.06 bits per heavy atom. The summed E-state index contributed by atoms with van der Waals surface area (Å²) in [5, 5.41) is 14.1. The van der Waals surface area contributed by atoms with E-state index in [9.17, 15) is 18.0 Å². The molecular weight excluding hydrogens is 493 g/mol. The van der Waals surface area contributed by atoms with E-state index >= 15 is 0 Å². The number of rotatable bonds is 6. The second kappa shape index (κ2) is 9.61. The molecule has 2 aromatic heterocycles. The Morgan fingerprint density at radius 3 is 2.81 bits per heavy atom. The van der Waals surface area contributed by atoms with E-state index in [4.69, 9.17) is 4.74 Å². The summed E-state index contributed by atoms with van der Waals surface area (Å²) in [5.41, 5.74) is 2.81. The minimum absolute atomic E-state index is 0.274. The van der Waals surface area contributed by atoms with Gasteiger partial charge in [-0.1, -0.05) is 29.5 Å². The molecule has 4 aromatic rings. The summed E-state index contributed by atoms with van der Waals surface area (Å²) < 4.78 is 47.0. The van der Waals surface area contributed by atoms with Crippen LogP contribution in [-0.2, 0) is 11.2 Å². The molecule has 2 aromatic carbocycles. The Morgan fingerprint density at radius 1 is 1.22 bits per heavy atom. The smallest absolute Gasteiger partial charge is 0.406 e. The second-order valence-corrected chi connectivity index (χ2v) is 9.08. The highest BCUT2D eigenvalue weighted by molar-refractivity contribution is 7.13. The van der Waals surface area contributed by atoms with Crippen LogP contribution in [0.1, 0.15) is 18.0 Å². The molecule has 0 saturated heterocycles. The van der Waals surface area contributed by atoms with Crippen molar-refractivity contribution in [2.75, 3.05) is 23.9 Å². The number of carbonyl (C=O) groups excluding carboxylic acids is 1. The molecule has 1 unspecified atom stereocenters. The van der Waals surface area contributed by atoms with E-state index < -0.39 is 24.7 Å². The van der Waals surface area contributed by atoms with Crippen LogP contribution in [0.4, 0.5) is 29.7 Å². The molecule has 5 rings (SSSR count). The van der Waals surface area contributed by atoms with Crippen LogP contribution in [0.3, 0.4) is 0 Å². The van der Waals surface area contributed by atoms with E-state index in [1.54, 1.807) is 49.8 Å². The number of aromatic nitrogens is 4. The van der Waals surface area contributed by atoms with Crippen molar-refractivity contribution in [1.82, 2.24) is 20.0 Å². The molecule has 0 radical (unpaired) electrons. The first-order chi connectivity index (χ1) is 17.3. The molecule has 1 N–H and O–H groups in total. The number of para-hydroxylation sites is 1. The number of nitrogens with zero attached hydrogens (tertiary/aromatic N) is 5. The number of fused-ring (bicyclic) bond motifs is 1. The predicted octanol–water partition coefficient (Wildman–Crippen LogP) is 5.24. The molecule has 0 fully saturated rings. The molecule has 0 spiro atoms. The first-order valence-electron chi connectivity index (χ1n) is 11.0. The van der Waals surface area contributed by atoms with E-state index in [1.807, 2.05) is 17.5 Å². The number of ether oxygens (including phenoxy) is 1. The number of carbonyl (C=O) groups is 1. The Balaban J connectivity index is 1.43. The molecule has 3 heterocycles. The van der Waals surface area contributed by atoms with Crippen molar-refractivity contribution >= 4 is 33.8 Å². The van der Waals surface area contributed by atoms with E-state index in [1.165, 1.54) is 16.0 Å². The highest BCUT2D eigenvalue weighted by Gasteiger charge is 2.39. The molecule has 1 atom stereocenters. The van der Waals surface area contributed by atoms with Crippen LogP contribution in [0.25, 0.3) is 11.3 Å². The summed E-state index contributed by atoms with van der Waals surface area (Å²) in [5.74, 6) is -0.121. The van der Waals surface area contributed by atoms with Crippen LogP contribution < -0.4 is 15.0 Å². The monoisotopic (exact) mass is 514 g/mol. The van der Waals surface area contributed by atoms with Crippen molar-refractivity contribution in [2.45, 2.75) is 25.1 Å². The van der Waals surface area contributed by atoms with Crippen LogP contribution in [0.2, 0.25) is 0 Å². The summed E-state index contributed by atoms with van der Waals surface area (Å²) >= 11 is 1.45. The molecule has 0 bridgehead atoms. The molecule has 1 aliphatic heterocycles. The van der Waals surface area contributed by atoms with Crippen LogP contribution in [0.15, 0.2) is 60.2 Å². The van der Waals surface area contributed by atoms with Crippen molar-refractivity contribution in [2.24, 2.45) is 0 Å². The van der Waals surface area contributed by atoms with Gasteiger partial charge >= 0.3 is 6.18 Å². The van der Waals surface area contributed by atoms with E-state index in [0.29, 0.717) is 46.2 Å². The largest absolute Gasteiger partial charge is 0.495 e. The first-order valence-corrected chi connectivity index (χ1v) is 11.9. The predicted molar refractivity (Wildman–Crippen MR) is 130 cm³/mol. The fourth-order valence-corrected chi connectivity index (χ4v) is 4.74. The van der Waals surface area contributed by atoms with Gasteiger partial charge in [0.1, 0.15) is 24.0 Å². The molecule has 1 amide bonds. The standard InChI is InChI=1S/C24H21F3N6O2S/c1-35-21-12-16(6-8-17(21)29-23-28-10-11-36-23)18-13-33(31-30-18)20-9-7-15-4-2-3-5-19(15)32(22(20)34)14-24(25,26)27/h2-6,8,10-13,20H,7,9,14H2,1H3,(H,28,29). The van der Waals surface area contributed by atoms with Gasteiger partial charge in [0.15, 0.2) is 5.13 Å². The van der Waals surface area contributed by atoms with Crippen molar-refractivity contribution in [1.29, 1.82) is 0 Å². The number of methoxy groups -OCH3 is 1. The van der Waals surface area contributed by atoms with Crippen molar-refractivity contribution in [3.05, 3.63) is 65.8 Å². The zero-order valence-electron chi connectivity index (χ0n) is 19.1. The zero-order valence-corrected chi connectivity index (χ0v) is 19.9. The number of thiazole rings is 1. The third-order valence-corrected chi connectivity index (χ3v) is 6.55. The summed E-state index contributed by atoms with van der Waals surface area (Å²) in [7, 11) is 1.54. The Labute approximate surface area is 208 Å². The molecule has 12 heteroatoms. The molecule has 0 saturated carbocycles. The molecular formula is C24H21F3N6O2S. The third-order valence-electron chi connectivity index (χ3n) is 5.86. The van der Waals surface area contributed by atoms with Crippen LogP contribution in [0.5, 0.6) is 5.75 Å². The fourth-order valence-electron chi connectivity index (χ4n) is 4.20. The number of alkyl halides is 3. The lowest BCUT2D eigenvalue weighted by Crippen LogP contribution is -2.42. The molecule has 36 heavy (non-hydrogen) atoms. The lowest BCUT2D eigenvalue weighted by molar-refractivity contribution is -0.134. The van der Waals surface area contributed by atoms with Crippen molar-refractivity contribution in [3.8, 4) is 17.0 Å². The molecule has 186 valence electrons. The van der Waals surface area contributed by atoms with Gasteiger partial charge in [-0.3, -0.25) is 4.79 Å². The van der Waals surface area contributed by atoms with E-state index in [0.717, 1.165) is 4.90 Å². The van der Waals surface area contributed by atoms with Gasteiger partial charge in [-0.2, -0.15) is 13.2 Å². The Bertz CT molecular complexity index is 1370. The van der Waals surface area contributed by atoms with Crippen molar-refractivity contribution < 1.29 is 22.7 Å². The number of hydrogen-bond acceptors (Lipinski definition) is 7. The maximum absolute atomic E-state index is 13.4. The molecule has 0 aliphatic carbocycles. The highest BCUT2D eigenvalue weighted by atomic mass is 32.1. The van der Waals surface area contributed by atoms with Gasteiger partial charge in [-0.15, -0.1) is 16.4 Å². The normalized spacial score (nSPS) is 15.9. The number of hydrogen-bond donors (Lipinski definition) is 1. The summed E-state index contributed by atoms with van der Waals surface area (Å²) in [6.07, 6.45) is -0.549. The maximum atomic E-state index is 13.4. The Kier molecular flexibility index (Phi) is 6.35. The number of anilines is 3. The SMILES string of the molecule is COc1cc(-c2cn(C3CCc4ccccc4N(CC(F)(F)F)C3=O)nn2)ccc1Nc1nccs1. The van der Waals surface area contributed by atoms with Gasteiger partial charge in [-0.05, 0) is 36.6 Å². The number of aryl methyl sites for hydroxylation is 1. The summed E-state index contributed by atoms with van der Waals surface area (Å²) in [4.78, 5) is 18.3. The van der Waals surface area contributed by atoms with Crippen LogP contribution in [-0.4, -0.2) is 45.7 Å². The van der Waals surface area contributed by atoms with Gasteiger partial charge in [0.2, 0.25) is 0 Å². The van der Waals surface area contributed by atoms with Gasteiger partial charge in [0.05, 0.1) is 19.0 Å². The quantitative estimate of drug-likeness (QED) is 0.379. The number of benzene rings is 2. The van der Waals surface area contributed by atoms with Gasteiger partial charge in [0, 0.05) is 22.8 Å². The zero-order chi connectivity index (χ0) is 25.3. The van der Waals surface area contributed by atoms with Gasteiger partial charge in [-0.25, -0.2) is 9.67 Å². The number of halogens is 3. The third kappa shape index (κ3) is 4.89. The fraction of sp³-hybridized carbons (Fsp3) is 0.250. The van der Waals surface area contributed by atoms with Crippen molar-refractivity contribution in [3.63, 3.8) is 0 Å². The Hall–Kier alpha value is -3.93.